The molecular formula is C19H21N5OS. The molecule has 4 rings (SSSR count). The van der Waals surface area contributed by atoms with E-state index in [4.69, 9.17) is 0 Å². The van der Waals surface area contributed by atoms with E-state index >= 15 is 0 Å². The monoisotopic (exact) mass is 367 g/mol. The molecule has 0 radical (unpaired) electrons. The van der Waals surface area contributed by atoms with Crippen molar-refractivity contribution in [2.45, 2.75) is 25.3 Å². The zero-order valence-corrected chi connectivity index (χ0v) is 15.2. The summed E-state index contributed by atoms with van der Waals surface area (Å²) in [7, 11) is 0. The summed E-state index contributed by atoms with van der Waals surface area (Å²) in [5, 5.41) is 13.0. The van der Waals surface area contributed by atoms with E-state index in [2.05, 4.69) is 20.5 Å². The van der Waals surface area contributed by atoms with Crippen molar-refractivity contribution in [3.63, 3.8) is 0 Å². The molecule has 2 amide bonds. The highest BCUT2D eigenvalue weighted by Crippen LogP contribution is 2.26. The lowest BCUT2D eigenvalue weighted by Gasteiger charge is -2.31. The molecule has 1 fully saturated rings. The third-order valence-corrected chi connectivity index (χ3v) is 5.68. The van der Waals surface area contributed by atoms with Gasteiger partial charge in [0.25, 0.3) is 0 Å². The summed E-state index contributed by atoms with van der Waals surface area (Å²) < 4.78 is 0. The summed E-state index contributed by atoms with van der Waals surface area (Å²) in [4.78, 5) is 18.9. The highest BCUT2D eigenvalue weighted by Gasteiger charge is 2.24. The Kier molecular flexibility index (Phi) is 4.97. The van der Waals surface area contributed by atoms with Crippen LogP contribution in [-0.2, 0) is 6.54 Å². The second kappa shape index (κ2) is 7.70. The summed E-state index contributed by atoms with van der Waals surface area (Å²) in [6.07, 6.45) is 3.71. The first kappa shape index (κ1) is 16.8. The average Bonchev–Trinajstić information content (AvgIpc) is 3.39. The number of nitrogens with zero attached hydrogens (tertiary/aromatic N) is 3. The van der Waals surface area contributed by atoms with Gasteiger partial charge in [0.05, 0.1) is 12.2 Å². The lowest BCUT2D eigenvalue weighted by atomic mass is 9.94. The predicted molar refractivity (Wildman–Crippen MR) is 102 cm³/mol. The van der Waals surface area contributed by atoms with Crippen LogP contribution < -0.4 is 5.32 Å². The molecule has 2 N–H and O–H groups in total. The number of thiazole rings is 1. The van der Waals surface area contributed by atoms with E-state index in [1.165, 1.54) is 5.69 Å². The number of hydrogen-bond acceptors (Lipinski definition) is 4. The third kappa shape index (κ3) is 3.77. The molecule has 0 aliphatic carbocycles. The van der Waals surface area contributed by atoms with Crippen molar-refractivity contribution in [3.05, 3.63) is 59.4 Å². The number of urea groups is 1. The minimum absolute atomic E-state index is 0.0117. The van der Waals surface area contributed by atoms with Crippen LogP contribution in [0.3, 0.4) is 0 Å². The Hall–Kier alpha value is -2.67. The molecular weight excluding hydrogens is 346 g/mol. The van der Waals surface area contributed by atoms with Gasteiger partial charge in [-0.2, -0.15) is 5.10 Å². The van der Waals surface area contributed by atoms with Crippen LogP contribution in [-0.4, -0.2) is 39.2 Å². The van der Waals surface area contributed by atoms with Crippen LogP contribution in [0.15, 0.2) is 48.0 Å². The van der Waals surface area contributed by atoms with Gasteiger partial charge in [0.1, 0.15) is 5.01 Å². The number of carbonyl (C=O) groups is 1. The SMILES string of the molecule is O=C(NCc1csc(-c2ccccc2)n1)N1CCC(c2ccn[nH]2)CC1. The third-order valence-electron chi connectivity index (χ3n) is 4.74. The molecule has 0 bridgehead atoms. The minimum atomic E-state index is -0.0117. The van der Waals surface area contributed by atoms with Crippen LogP contribution in [0.4, 0.5) is 4.79 Å². The van der Waals surface area contributed by atoms with Gasteiger partial charge in [-0.1, -0.05) is 30.3 Å². The van der Waals surface area contributed by atoms with Crippen molar-refractivity contribution in [1.29, 1.82) is 0 Å². The van der Waals surface area contributed by atoms with Crippen molar-refractivity contribution >= 4 is 17.4 Å². The van der Waals surface area contributed by atoms with E-state index in [9.17, 15) is 4.79 Å². The largest absolute Gasteiger partial charge is 0.332 e. The first-order valence-corrected chi connectivity index (χ1v) is 9.69. The lowest BCUT2D eigenvalue weighted by Crippen LogP contribution is -2.43. The van der Waals surface area contributed by atoms with E-state index in [-0.39, 0.29) is 6.03 Å². The van der Waals surface area contributed by atoms with Gasteiger partial charge in [0, 0.05) is 41.8 Å². The fraction of sp³-hybridized carbons (Fsp3) is 0.316. The Morgan fingerprint density at radius 2 is 2.04 bits per heavy atom. The Labute approximate surface area is 156 Å². The molecule has 3 aromatic rings. The Bertz CT molecular complexity index is 838. The maximum absolute atomic E-state index is 12.4. The van der Waals surface area contributed by atoms with Gasteiger partial charge in [-0.25, -0.2) is 9.78 Å². The first-order valence-electron chi connectivity index (χ1n) is 8.81. The van der Waals surface area contributed by atoms with E-state index in [0.29, 0.717) is 12.5 Å². The van der Waals surface area contributed by atoms with E-state index in [1.54, 1.807) is 17.5 Å². The molecule has 0 spiro atoms. The van der Waals surface area contributed by atoms with E-state index < -0.39 is 0 Å². The van der Waals surface area contributed by atoms with Crippen molar-refractivity contribution in [1.82, 2.24) is 25.4 Å². The number of benzene rings is 1. The number of rotatable bonds is 4. The normalized spacial score (nSPS) is 15.2. The van der Waals surface area contributed by atoms with Crippen LogP contribution in [0.25, 0.3) is 10.6 Å². The summed E-state index contributed by atoms with van der Waals surface area (Å²) in [6.45, 7) is 1.99. The Balaban J connectivity index is 1.28. The van der Waals surface area contributed by atoms with Crippen molar-refractivity contribution in [2.75, 3.05) is 13.1 Å². The van der Waals surface area contributed by atoms with Gasteiger partial charge in [-0.3, -0.25) is 5.10 Å². The number of aromatic nitrogens is 3. The molecule has 7 heteroatoms. The van der Waals surface area contributed by atoms with Gasteiger partial charge in [0.15, 0.2) is 0 Å². The molecule has 134 valence electrons. The number of piperidine rings is 1. The molecule has 0 unspecified atom stereocenters. The molecule has 26 heavy (non-hydrogen) atoms. The number of likely N-dealkylation sites (tertiary alicyclic amines) is 1. The fourth-order valence-corrected chi connectivity index (χ4v) is 4.09. The van der Waals surface area contributed by atoms with Crippen LogP contribution in [0.5, 0.6) is 0 Å². The quantitative estimate of drug-likeness (QED) is 0.740. The maximum Gasteiger partial charge on any atom is 0.317 e. The maximum atomic E-state index is 12.4. The van der Waals surface area contributed by atoms with E-state index in [0.717, 1.165) is 42.2 Å². The molecule has 0 saturated carbocycles. The molecule has 1 saturated heterocycles. The fourth-order valence-electron chi connectivity index (χ4n) is 3.27. The molecule has 0 atom stereocenters. The number of nitrogens with one attached hydrogen (secondary N) is 2. The van der Waals surface area contributed by atoms with Crippen LogP contribution >= 0.6 is 11.3 Å². The smallest absolute Gasteiger partial charge is 0.317 e. The number of aromatic amines is 1. The zero-order chi connectivity index (χ0) is 17.8. The van der Waals surface area contributed by atoms with Gasteiger partial charge in [0.2, 0.25) is 0 Å². The lowest BCUT2D eigenvalue weighted by molar-refractivity contribution is 0.180. The number of hydrogen-bond donors (Lipinski definition) is 2. The van der Waals surface area contributed by atoms with Gasteiger partial charge in [-0.05, 0) is 18.9 Å². The standard InChI is InChI=1S/C19H21N5OS/c25-19(24-10-7-14(8-11-24)17-6-9-21-23-17)20-12-16-13-26-18(22-16)15-4-2-1-3-5-15/h1-6,9,13-14H,7-8,10-12H2,(H,20,25)(H,21,23). The zero-order valence-electron chi connectivity index (χ0n) is 14.4. The van der Waals surface area contributed by atoms with Crippen LogP contribution in [0.2, 0.25) is 0 Å². The Morgan fingerprint density at radius 3 is 2.77 bits per heavy atom. The number of amides is 2. The minimum Gasteiger partial charge on any atom is -0.332 e. The average molecular weight is 367 g/mol. The highest BCUT2D eigenvalue weighted by atomic mass is 32.1. The van der Waals surface area contributed by atoms with Gasteiger partial charge in [-0.15, -0.1) is 11.3 Å². The molecule has 6 nitrogen and oxygen atoms in total. The summed E-state index contributed by atoms with van der Waals surface area (Å²) >= 11 is 1.60. The molecule has 1 aliphatic heterocycles. The summed E-state index contributed by atoms with van der Waals surface area (Å²) in [5.41, 5.74) is 3.17. The molecule has 2 aromatic heterocycles. The van der Waals surface area contributed by atoms with Gasteiger partial charge < -0.3 is 10.2 Å². The second-order valence-electron chi connectivity index (χ2n) is 6.44. The van der Waals surface area contributed by atoms with Crippen molar-refractivity contribution < 1.29 is 4.79 Å². The summed E-state index contributed by atoms with van der Waals surface area (Å²) in [6, 6.07) is 12.1. The van der Waals surface area contributed by atoms with Crippen LogP contribution in [0.1, 0.15) is 30.1 Å². The van der Waals surface area contributed by atoms with Crippen molar-refractivity contribution in [2.24, 2.45) is 0 Å². The van der Waals surface area contributed by atoms with E-state index in [1.807, 2.05) is 46.7 Å². The first-order chi connectivity index (χ1) is 12.8. The molecule has 1 aliphatic rings. The number of H-pyrrole nitrogens is 1. The van der Waals surface area contributed by atoms with Crippen molar-refractivity contribution in [3.8, 4) is 10.6 Å². The Morgan fingerprint density at radius 1 is 1.23 bits per heavy atom. The topological polar surface area (TPSA) is 73.9 Å². The van der Waals surface area contributed by atoms with Gasteiger partial charge >= 0.3 is 6.03 Å². The molecule has 3 heterocycles. The number of carbonyl (C=O) groups excluding carboxylic acids is 1. The molecule has 1 aromatic carbocycles. The predicted octanol–water partition coefficient (Wildman–Crippen LogP) is 3.62. The highest BCUT2D eigenvalue weighted by molar-refractivity contribution is 7.13. The summed E-state index contributed by atoms with van der Waals surface area (Å²) in [5.74, 6) is 0.466. The van der Waals surface area contributed by atoms with Crippen LogP contribution in [0, 0.1) is 0 Å². The second-order valence-corrected chi connectivity index (χ2v) is 7.30.